The van der Waals surface area contributed by atoms with Gasteiger partial charge in [-0.2, -0.15) is 0 Å². The first-order chi connectivity index (χ1) is 9.88. The number of aromatic nitrogens is 2. The van der Waals surface area contributed by atoms with Gasteiger partial charge in [0.05, 0.1) is 4.90 Å². The molecule has 2 aromatic rings. The average Bonchev–Trinajstić information content (AvgIpc) is 2.44. The lowest BCUT2D eigenvalue weighted by Gasteiger charge is -2.07. The minimum absolute atomic E-state index is 0.0637. The summed E-state index contributed by atoms with van der Waals surface area (Å²) in [6.07, 6.45) is 0.633. The third kappa shape index (κ3) is 4.14. The Morgan fingerprint density at radius 2 is 1.95 bits per heavy atom. The summed E-state index contributed by atoms with van der Waals surface area (Å²) in [6.45, 7) is 2.32. The maximum atomic E-state index is 11.4. The van der Waals surface area contributed by atoms with E-state index < -0.39 is 10.0 Å². The van der Waals surface area contributed by atoms with Gasteiger partial charge in [-0.25, -0.2) is 18.5 Å². The standard InChI is InChI=1S/C13H16N4O3S/c1-2-11-16-12(7-13(18)17-11)15-8-9-3-5-10(6-4-9)21(14,19)20/h3-7H,2,8H2,1H3,(H2,14,19,20)(H2,15,16,17,18). The minimum Gasteiger partial charge on any atom is -0.366 e. The Hall–Kier alpha value is -2.19. The predicted molar refractivity (Wildman–Crippen MR) is 79.4 cm³/mol. The zero-order valence-corrected chi connectivity index (χ0v) is 12.3. The molecule has 0 aliphatic carbocycles. The first-order valence-electron chi connectivity index (χ1n) is 6.34. The van der Waals surface area contributed by atoms with E-state index in [2.05, 4.69) is 15.3 Å². The van der Waals surface area contributed by atoms with Crippen molar-refractivity contribution in [3.63, 3.8) is 0 Å². The van der Waals surface area contributed by atoms with Crippen LogP contribution in [0.15, 0.2) is 40.0 Å². The van der Waals surface area contributed by atoms with Crippen molar-refractivity contribution < 1.29 is 8.42 Å². The number of nitrogens with zero attached hydrogens (tertiary/aromatic N) is 1. The van der Waals surface area contributed by atoms with Gasteiger partial charge < -0.3 is 10.3 Å². The molecule has 0 radical (unpaired) electrons. The van der Waals surface area contributed by atoms with Crippen LogP contribution in [0.2, 0.25) is 0 Å². The Morgan fingerprint density at radius 3 is 2.52 bits per heavy atom. The summed E-state index contributed by atoms with van der Waals surface area (Å²) in [5.41, 5.74) is 0.636. The summed E-state index contributed by atoms with van der Waals surface area (Å²) in [5.74, 6) is 1.08. The molecule has 2 rings (SSSR count). The number of nitrogens with one attached hydrogen (secondary N) is 2. The molecule has 0 unspecified atom stereocenters. The van der Waals surface area contributed by atoms with Gasteiger partial charge in [0.2, 0.25) is 10.0 Å². The number of nitrogens with two attached hydrogens (primary N) is 1. The molecule has 8 heteroatoms. The highest BCUT2D eigenvalue weighted by atomic mass is 32.2. The SMILES string of the molecule is CCc1nc(NCc2ccc(S(N)(=O)=O)cc2)cc(=O)[nH]1. The number of aromatic amines is 1. The molecule has 1 heterocycles. The molecule has 4 N–H and O–H groups in total. The normalized spacial score (nSPS) is 11.3. The summed E-state index contributed by atoms with van der Waals surface area (Å²) in [4.78, 5) is 18.4. The highest BCUT2D eigenvalue weighted by Gasteiger charge is 2.06. The second kappa shape index (κ2) is 6.06. The number of H-pyrrole nitrogens is 1. The van der Waals surface area contributed by atoms with Crippen LogP contribution in [0.4, 0.5) is 5.82 Å². The minimum atomic E-state index is -3.68. The lowest BCUT2D eigenvalue weighted by molar-refractivity contribution is 0.598. The Morgan fingerprint density at radius 1 is 1.29 bits per heavy atom. The third-order valence-corrected chi connectivity index (χ3v) is 3.78. The van der Waals surface area contributed by atoms with Gasteiger partial charge in [0.15, 0.2) is 0 Å². The number of anilines is 1. The van der Waals surface area contributed by atoms with Crippen LogP contribution >= 0.6 is 0 Å². The average molecular weight is 308 g/mol. The fourth-order valence-electron chi connectivity index (χ4n) is 1.76. The van der Waals surface area contributed by atoms with Crippen molar-refractivity contribution >= 4 is 15.8 Å². The van der Waals surface area contributed by atoms with Gasteiger partial charge >= 0.3 is 0 Å². The van der Waals surface area contributed by atoms with Crippen molar-refractivity contribution in [3.05, 3.63) is 52.1 Å². The molecule has 1 aromatic carbocycles. The number of rotatable bonds is 5. The van der Waals surface area contributed by atoms with E-state index in [0.717, 1.165) is 5.56 Å². The monoisotopic (exact) mass is 308 g/mol. The Bertz CT molecular complexity index is 782. The van der Waals surface area contributed by atoms with Gasteiger partial charge in [-0.05, 0) is 17.7 Å². The van der Waals surface area contributed by atoms with Gasteiger partial charge in [-0.15, -0.1) is 0 Å². The molecule has 0 spiro atoms. The molecular weight excluding hydrogens is 292 g/mol. The van der Waals surface area contributed by atoms with E-state index in [0.29, 0.717) is 24.6 Å². The molecule has 0 aliphatic heterocycles. The third-order valence-electron chi connectivity index (χ3n) is 2.85. The van der Waals surface area contributed by atoms with Crippen LogP contribution < -0.4 is 16.0 Å². The second-order valence-corrected chi connectivity index (χ2v) is 6.03. The van der Waals surface area contributed by atoms with Crippen LogP contribution in [0.5, 0.6) is 0 Å². The van der Waals surface area contributed by atoms with Crippen LogP contribution in [0.25, 0.3) is 0 Å². The van der Waals surface area contributed by atoms with Crippen molar-refractivity contribution in [2.24, 2.45) is 5.14 Å². The molecule has 112 valence electrons. The maximum absolute atomic E-state index is 11.4. The molecule has 0 bridgehead atoms. The number of benzene rings is 1. The predicted octanol–water partition coefficient (Wildman–Crippen LogP) is 0.592. The van der Waals surface area contributed by atoms with E-state index in [1.165, 1.54) is 18.2 Å². The molecule has 0 amide bonds. The number of primary sulfonamides is 1. The van der Waals surface area contributed by atoms with Gasteiger partial charge in [0.1, 0.15) is 11.6 Å². The largest absolute Gasteiger partial charge is 0.366 e. The fraction of sp³-hybridized carbons (Fsp3) is 0.231. The van der Waals surface area contributed by atoms with E-state index in [9.17, 15) is 13.2 Å². The summed E-state index contributed by atoms with van der Waals surface area (Å²) in [7, 11) is -3.68. The smallest absolute Gasteiger partial charge is 0.252 e. The molecule has 0 aliphatic rings. The first kappa shape index (κ1) is 15.2. The van der Waals surface area contributed by atoms with E-state index >= 15 is 0 Å². The summed E-state index contributed by atoms with van der Waals surface area (Å²) in [6, 6.07) is 7.56. The Kier molecular flexibility index (Phi) is 4.39. The first-order valence-corrected chi connectivity index (χ1v) is 7.89. The van der Waals surface area contributed by atoms with Crippen molar-refractivity contribution in [2.75, 3.05) is 5.32 Å². The molecular formula is C13H16N4O3S. The highest BCUT2D eigenvalue weighted by Crippen LogP contribution is 2.10. The molecule has 0 saturated carbocycles. The summed E-state index contributed by atoms with van der Waals surface area (Å²) >= 11 is 0. The lowest BCUT2D eigenvalue weighted by atomic mass is 10.2. The van der Waals surface area contributed by atoms with E-state index in [4.69, 9.17) is 5.14 Å². The molecule has 0 fully saturated rings. The van der Waals surface area contributed by atoms with Gasteiger partial charge in [0, 0.05) is 19.0 Å². The van der Waals surface area contributed by atoms with Crippen LogP contribution in [-0.2, 0) is 23.0 Å². The number of hydrogen-bond donors (Lipinski definition) is 3. The van der Waals surface area contributed by atoms with E-state index in [1.54, 1.807) is 12.1 Å². The molecule has 21 heavy (non-hydrogen) atoms. The summed E-state index contributed by atoms with van der Waals surface area (Å²) < 4.78 is 22.3. The molecule has 1 aromatic heterocycles. The maximum Gasteiger partial charge on any atom is 0.252 e. The summed E-state index contributed by atoms with van der Waals surface area (Å²) in [5, 5.41) is 8.05. The molecule has 0 atom stereocenters. The number of hydrogen-bond acceptors (Lipinski definition) is 5. The van der Waals surface area contributed by atoms with Gasteiger partial charge in [-0.3, -0.25) is 4.79 Å². The van der Waals surface area contributed by atoms with Gasteiger partial charge in [0.25, 0.3) is 5.56 Å². The zero-order chi connectivity index (χ0) is 15.5. The Labute approximate surface area is 122 Å². The zero-order valence-electron chi connectivity index (χ0n) is 11.5. The highest BCUT2D eigenvalue weighted by molar-refractivity contribution is 7.89. The Balaban J connectivity index is 2.10. The number of aryl methyl sites for hydroxylation is 1. The topological polar surface area (TPSA) is 118 Å². The molecule has 7 nitrogen and oxygen atoms in total. The van der Waals surface area contributed by atoms with Gasteiger partial charge in [-0.1, -0.05) is 19.1 Å². The van der Waals surface area contributed by atoms with Crippen LogP contribution in [0.3, 0.4) is 0 Å². The molecule has 0 saturated heterocycles. The van der Waals surface area contributed by atoms with E-state index in [-0.39, 0.29) is 10.5 Å². The second-order valence-electron chi connectivity index (χ2n) is 4.47. The van der Waals surface area contributed by atoms with Crippen molar-refractivity contribution in [2.45, 2.75) is 24.8 Å². The number of sulfonamides is 1. The van der Waals surface area contributed by atoms with Crippen molar-refractivity contribution in [1.82, 2.24) is 9.97 Å². The quantitative estimate of drug-likeness (QED) is 0.747. The van der Waals surface area contributed by atoms with Crippen molar-refractivity contribution in [1.29, 1.82) is 0 Å². The van der Waals surface area contributed by atoms with Crippen LogP contribution in [0, 0.1) is 0 Å². The fourth-order valence-corrected chi connectivity index (χ4v) is 2.27. The lowest BCUT2D eigenvalue weighted by Crippen LogP contribution is -2.14. The van der Waals surface area contributed by atoms with Crippen LogP contribution in [-0.4, -0.2) is 18.4 Å². The van der Waals surface area contributed by atoms with Crippen LogP contribution in [0.1, 0.15) is 18.3 Å². The van der Waals surface area contributed by atoms with Crippen molar-refractivity contribution in [3.8, 4) is 0 Å². The van der Waals surface area contributed by atoms with E-state index in [1.807, 2.05) is 6.92 Å².